The van der Waals surface area contributed by atoms with Crippen molar-refractivity contribution in [2.45, 2.75) is 37.8 Å². The number of ether oxygens (including phenoxy) is 2. The topological polar surface area (TPSA) is 77.4 Å². The molecule has 3 rings (SSSR count). The first kappa shape index (κ1) is 17.3. The van der Waals surface area contributed by atoms with Crippen LogP contribution in [0.25, 0.3) is 0 Å². The Morgan fingerprint density at radius 1 is 1.28 bits per heavy atom. The molecule has 1 amide bonds. The van der Waals surface area contributed by atoms with Gasteiger partial charge in [-0.25, -0.2) is 4.79 Å². The van der Waals surface area contributed by atoms with Gasteiger partial charge in [0.25, 0.3) is 5.91 Å². The molecule has 1 saturated heterocycles. The molecule has 7 nitrogen and oxygen atoms in total. The molecular weight excluding hydrogens is 324 g/mol. The molecule has 2 heterocycles. The molecule has 0 radical (unpaired) electrons. The Balaban J connectivity index is 1.57. The van der Waals surface area contributed by atoms with Crippen molar-refractivity contribution >= 4 is 17.6 Å². The molecule has 0 spiro atoms. The van der Waals surface area contributed by atoms with Gasteiger partial charge in [-0.2, -0.15) is 0 Å². The van der Waals surface area contributed by atoms with E-state index in [0.29, 0.717) is 25.8 Å². The fourth-order valence-corrected chi connectivity index (χ4v) is 3.24. The standard InChI is InChI=1S/C18H22N2O5/c1-23-14-7-5-12(6-8-14)10-13-11-16(25-19-13)17(21)20-9-3-4-15(20)18(22)24-2/h5-8,15-16H,3-4,9-11H2,1-2H3/t15-,16?/m0/s1. The van der Waals surface area contributed by atoms with Crippen LogP contribution >= 0.6 is 0 Å². The van der Waals surface area contributed by atoms with Gasteiger partial charge in [-0.15, -0.1) is 0 Å². The summed E-state index contributed by atoms with van der Waals surface area (Å²) in [6.07, 6.45) is 1.82. The Morgan fingerprint density at radius 3 is 2.72 bits per heavy atom. The lowest BCUT2D eigenvalue weighted by atomic mass is 10.0. The van der Waals surface area contributed by atoms with E-state index in [9.17, 15) is 9.59 Å². The van der Waals surface area contributed by atoms with Crippen LogP contribution in [0.1, 0.15) is 24.8 Å². The van der Waals surface area contributed by atoms with Gasteiger partial charge < -0.3 is 19.2 Å². The fraction of sp³-hybridized carbons (Fsp3) is 0.500. The molecule has 1 aromatic carbocycles. The largest absolute Gasteiger partial charge is 0.497 e. The lowest BCUT2D eigenvalue weighted by Crippen LogP contribution is -2.46. The minimum absolute atomic E-state index is 0.193. The van der Waals surface area contributed by atoms with E-state index in [1.807, 2.05) is 24.3 Å². The van der Waals surface area contributed by atoms with Gasteiger partial charge in [-0.1, -0.05) is 17.3 Å². The number of methoxy groups -OCH3 is 2. The van der Waals surface area contributed by atoms with Crippen molar-refractivity contribution in [3.05, 3.63) is 29.8 Å². The van der Waals surface area contributed by atoms with Crippen LogP contribution in [0, 0.1) is 0 Å². The van der Waals surface area contributed by atoms with Crippen LogP contribution in [0.15, 0.2) is 29.4 Å². The zero-order valence-corrected chi connectivity index (χ0v) is 14.4. The Hall–Kier alpha value is -2.57. The molecule has 2 aliphatic heterocycles. The summed E-state index contributed by atoms with van der Waals surface area (Å²) in [4.78, 5) is 31.4. The summed E-state index contributed by atoms with van der Waals surface area (Å²) in [5.74, 6) is 0.230. The van der Waals surface area contributed by atoms with Gasteiger partial charge >= 0.3 is 5.97 Å². The maximum absolute atomic E-state index is 12.7. The van der Waals surface area contributed by atoms with Crippen molar-refractivity contribution in [2.75, 3.05) is 20.8 Å². The molecule has 1 unspecified atom stereocenters. The van der Waals surface area contributed by atoms with Crippen molar-refractivity contribution in [1.29, 1.82) is 0 Å². The van der Waals surface area contributed by atoms with Gasteiger partial charge in [-0.05, 0) is 30.5 Å². The number of carbonyl (C=O) groups excluding carboxylic acids is 2. The number of hydrogen-bond donors (Lipinski definition) is 0. The Labute approximate surface area is 146 Å². The van der Waals surface area contributed by atoms with Crippen LogP contribution in [0.5, 0.6) is 5.75 Å². The van der Waals surface area contributed by atoms with Crippen LogP contribution in [-0.2, 0) is 25.6 Å². The van der Waals surface area contributed by atoms with Crippen LogP contribution in [0.3, 0.4) is 0 Å². The third-order valence-corrected chi connectivity index (χ3v) is 4.58. The quantitative estimate of drug-likeness (QED) is 0.756. The number of likely N-dealkylation sites (tertiary alicyclic amines) is 1. The van der Waals surface area contributed by atoms with Crippen molar-refractivity contribution in [3.8, 4) is 5.75 Å². The average Bonchev–Trinajstić information content (AvgIpc) is 3.30. The Bertz CT molecular complexity index is 671. The van der Waals surface area contributed by atoms with Gasteiger partial charge in [0, 0.05) is 19.4 Å². The number of amides is 1. The van der Waals surface area contributed by atoms with Crippen molar-refractivity contribution in [1.82, 2.24) is 4.90 Å². The first-order chi connectivity index (χ1) is 12.1. The van der Waals surface area contributed by atoms with E-state index in [4.69, 9.17) is 14.3 Å². The maximum Gasteiger partial charge on any atom is 0.328 e. The predicted molar refractivity (Wildman–Crippen MR) is 90.4 cm³/mol. The van der Waals surface area contributed by atoms with E-state index < -0.39 is 12.1 Å². The van der Waals surface area contributed by atoms with Gasteiger partial charge in [0.1, 0.15) is 11.8 Å². The molecule has 0 bridgehead atoms. The number of carbonyl (C=O) groups is 2. The molecular formula is C18H22N2O5. The predicted octanol–water partition coefficient (Wildman–Crippen LogP) is 1.55. The van der Waals surface area contributed by atoms with E-state index in [0.717, 1.165) is 23.4 Å². The fourth-order valence-electron chi connectivity index (χ4n) is 3.24. The van der Waals surface area contributed by atoms with Gasteiger partial charge in [-0.3, -0.25) is 4.79 Å². The molecule has 0 aromatic heterocycles. The van der Waals surface area contributed by atoms with E-state index in [2.05, 4.69) is 5.16 Å². The smallest absolute Gasteiger partial charge is 0.328 e. The summed E-state index contributed by atoms with van der Waals surface area (Å²) in [7, 11) is 2.96. The molecule has 2 atom stereocenters. The first-order valence-electron chi connectivity index (χ1n) is 8.35. The molecule has 134 valence electrons. The highest BCUT2D eigenvalue weighted by Gasteiger charge is 2.40. The van der Waals surface area contributed by atoms with Crippen molar-refractivity contribution in [2.24, 2.45) is 5.16 Å². The molecule has 0 N–H and O–H groups in total. The van der Waals surface area contributed by atoms with E-state index in [-0.39, 0.29) is 11.9 Å². The summed E-state index contributed by atoms with van der Waals surface area (Å²) in [6, 6.07) is 7.19. The normalized spacial score (nSPS) is 22.3. The highest BCUT2D eigenvalue weighted by Crippen LogP contribution is 2.24. The minimum atomic E-state index is -0.654. The maximum atomic E-state index is 12.7. The molecule has 7 heteroatoms. The molecule has 1 fully saturated rings. The van der Waals surface area contributed by atoms with E-state index >= 15 is 0 Å². The second-order valence-corrected chi connectivity index (χ2v) is 6.19. The Kier molecular flexibility index (Phi) is 5.21. The summed E-state index contributed by atoms with van der Waals surface area (Å²) in [6.45, 7) is 0.548. The monoisotopic (exact) mass is 346 g/mol. The first-order valence-corrected chi connectivity index (χ1v) is 8.35. The SMILES string of the molecule is COC(=O)[C@@H]1CCCN1C(=O)C1CC(Cc2ccc(OC)cc2)=NO1. The van der Waals surface area contributed by atoms with Gasteiger partial charge in [0.15, 0.2) is 0 Å². The van der Waals surface area contributed by atoms with E-state index in [1.54, 1.807) is 12.0 Å². The Morgan fingerprint density at radius 2 is 2.04 bits per heavy atom. The second kappa shape index (κ2) is 7.55. The van der Waals surface area contributed by atoms with E-state index in [1.165, 1.54) is 7.11 Å². The van der Waals surface area contributed by atoms with Crippen LogP contribution in [0.2, 0.25) is 0 Å². The number of rotatable bonds is 5. The third-order valence-electron chi connectivity index (χ3n) is 4.58. The number of hydrogen-bond acceptors (Lipinski definition) is 6. The summed E-state index contributed by atoms with van der Waals surface area (Å²) in [5, 5.41) is 4.06. The van der Waals surface area contributed by atoms with Crippen LogP contribution < -0.4 is 4.74 Å². The third kappa shape index (κ3) is 3.75. The highest BCUT2D eigenvalue weighted by molar-refractivity contribution is 5.95. The zero-order chi connectivity index (χ0) is 17.8. The second-order valence-electron chi connectivity index (χ2n) is 6.19. The van der Waals surface area contributed by atoms with Crippen molar-refractivity contribution < 1.29 is 23.9 Å². The van der Waals surface area contributed by atoms with Crippen LogP contribution in [0.4, 0.5) is 0 Å². The van der Waals surface area contributed by atoms with Gasteiger partial charge in [0.05, 0.1) is 19.9 Å². The van der Waals surface area contributed by atoms with Crippen LogP contribution in [-0.4, -0.2) is 55.4 Å². The molecule has 2 aliphatic rings. The summed E-state index contributed by atoms with van der Waals surface area (Å²) in [5.41, 5.74) is 1.89. The zero-order valence-electron chi connectivity index (χ0n) is 14.4. The van der Waals surface area contributed by atoms with Crippen molar-refractivity contribution in [3.63, 3.8) is 0 Å². The molecule has 1 aromatic rings. The molecule has 0 saturated carbocycles. The number of oxime groups is 1. The highest BCUT2D eigenvalue weighted by atomic mass is 16.6. The number of esters is 1. The average molecular weight is 346 g/mol. The lowest BCUT2D eigenvalue weighted by molar-refractivity contribution is -0.155. The number of benzene rings is 1. The number of nitrogens with zero attached hydrogens (tertiary/aromatic N) is 2. The molecule has 0 aliphatic carbocycles. The minimum Gasteiger partial charge on any atom is -0.497 e. The lowest BCUT2D eigenvalue weighted by Gasteiger charge is -2.24. The van der Waals surface area contributed by atoms with Gasteiger partial charge in [0.2, 0.25) is 6.10 Å². The molecule has 25 heavy (non-hydrogen) atoms. The summed E-state index contributed by atoms with van der Waals surface area (Å²) < 4.78 is 9.92. The summed E-state index contributed by atoms with van der Waals surface area (Å²) >= 11 is 0.